The van der Waals surface area contributed by atoms with Crippen LogP contribution in [-0.4, -0.2) is 43.5 Å². The van der Waals surface area contributed by atoms with Crippen molar-refractivity contribution in [3.63, 3.8) is 0 Å². The second kappa shape index (κ2) is 7.29. The maximum atomic E-state index is 12.6. The zero-order chi connectivity index (χ0) is 20.5. The van der Waals surface area contributed by atoms with Gasteiger partial charge in [-0.3, -0.25) is 9.36 Å². The minimum Gasteiger partial charge on any atom is -0.464 e. The number of halogens is 3. The first-order valence-electron chi connectivity index (χ1n) is 8.06. The van der Waals surface area contributed by atoms with E-state index in [1.807, 2.05) is 0 Å². The number of hydrogen-bond acceptors (Lipinski definition) is 7. The molecule has 0 bridgehead atoms. The van der Waals surface area contributed by atoms with E-state index < -0.39 is 29.7 Å². The van der Waals surface area contributed by atoms with Gasteiger partial charge in [0, 0.05) is 0 Å². The number of ether oxygens (including phenoxy) is 2. The Morgan fingerprint density at radius 2 is 1.93 bits per heavy atom. The number of alkyl halides is 3. The van der Waals surface area contributed by atoms with E-state index in [0.29, 0.717) is 5.69 Å². The summed E-state index contributed by atoms with van der Waals surface area (Å²) in [6.07, 6.45) is -3.64. The summed E-state index contributed by atoms with van der Waals surface area (Å²) >= 11 is 0. The molecule has 28 heavy (non-hydrogen) atoms. The smallest absolute Gasteiger partial charge is 0.464 e. The summed E-state index contributed by atoms with van der Waals surface area (Å²) in [5, 5.41) is 7.60. The number of carbonyl (C=O) groups is 1. The highest BCUT2D eigenvalue weighted by molar-refractivity contribution is 5.75. The van der Waals surface area contributed by atoms with E-state index in [2.05, 4.69) is 20.0 Å². The number of aromatic nitrogens is 5. The lowest BCUT2D eigenvalue weighted by Gasteiger charge is -2.12. The summed E-state index contributed by atoms with van der Waals surface area (Å²) in [5.41, 5.74) is -0.301. The van der Waals surface area contributed by atoms with Crippen molar-refractivity contribution in [2.75, 3.05) is 6.61 Å². The molecule has 0 fully saturated rings. The third-order valence-electron chi connectivity index (χ3n) is 3.75. The van der Waals surface area contributed by atoms with Gasteiger partial charge >= 0.3 is 12.3 Å². The number of esters is 1. The van der Waals surface area contributed by atoms with Gasteiger partial charge in [-0.05, 0) is 38.1 Å². The van der Waals surface area contributed by atoms with Crippen molar-refractivity contribution < 1.29 is 27.4 Å². The number of fused-ring (bicyclic) bond motifs is 1. The van der Waals surface area contributed by atoms with Gasteiger partial charge in [0.05, 0.1) is 12.3 Å². The molecule has 3 rings (SSSR count). The van der Waals surface area contributed by atoms with E-state index >= 15 is 0 Å². The summed E-state index contributed by atoms with van der Waals surface area (Å²) < 4.78 is 47.7. The van der Waals surface area contributed by atoms with Gasteiger partial charge in [0.15, 0.2) is 11.2 Å². The Bertz CT molecular complexity index is 1060. The average Bonchev–Trinajstić information content (AvgIpc) is 3.06. The fourth-order valence-electron chi connectivity index (χ4n) is 2.44. The molecule has 0 amide bonds. The zero-order valence-corrected chi connectivity index (χ0v) is 14.7. The number of benzene rings is 1. The normalized spacial score (nSPS) is 12.8. The Labute approximate surface area is 155 Å². The molecule has 3 aromatic rings. The first-order chi connectivity index (χ1) is 13.2. The topological polar surface area (TPSA) is 101 Å². The largest absolute Gasteiger partial charge is 0.573 e. The van der Waals surface area contributed by atoms with E-state index in [4.69, 9.17) is 4.74 Å². The van der Waals surface area contributed by atoms with Crippen LogP contribution in [0.3, 0.4) is 0 Å². The molecule has 9 nitrogen and oxygen atoms in total. The molecule has 2 heterocycles. The molecule has 0 saturated carbocycles. The molecule has 0 aliphatic heterocycles. The lowest BCUT2D eigenvalue weighted by molar-refractivity contribution is -0.274. The third-order valence-corrected chi connectivity index (χ3v) is 3.75. The Kier molecular flexibility index (Phi) is 5.03. The van der Waals surface area contributed by atoms with Crippen LogP contribution in [0.2, 0.25) is 0 Å². The predicted octanol–water partition coefficient (Wildman–Crippen LogP) is 2.00. The first kappa shape index (κ1) is 19.3. The summed E-state index contributed by atoms with van der Waals surface area (Å²) in [4.78, 5) is 28.5. The minimum absolute atomic E-state index is 0.0850. The lowest BCUT2D eigenvalue weighted by atomic mass is 10.3. The Balaban J connectivity index is 1.96. The SMILES string of the molecule is CCOC(=O)[C@@H](C)n1cnc2c(nnn2-c2ccc(OC(F)(F)F)cc2)c1=O. The lowest BCUT2D eigenvalue weighted by Crippen LogP contribution is -2.29. The number of rotatable bonds is 5. The van der Waals surface area contributed by atoms with Crippen molar-refractivity contribution in [1.29, 1.82) is 0 Å². The van der Waals surface area contributed by atoms with Crippen molar-refractivity contribution in [1.82, 2.24) is 24.5 Å². The molecule has 148 valence electrons. The van der Waals surface area contributed by atoms with Crippen LogP contribution in [0.15, 0.2) is 35.4 Å². The van der Waals surface area contributed by atoms with Crippen LogP contribution in [0.5, 0.6) is 5.75 Å². The van der Waals surface area contributed by atoms with Crippen LogP contribution in [0.1, 0.15) is 19.9 Å². The maximum absolute atomic E-state index is 12.6. The molecule has 0 N–H and O–H groups in total. The van der Waals surface area contributed by atoms with Crippen LogP contribution in [-0.2, 0) is 9.53 Å². The molecule has 12 heteroatoms. The molecule has 0 saturated heterocycles. The highest BCUT2D eigenvalue weighted by atomic mass is 19.4. The molecule has 1 aromatic carbocycles. The molecule has 0 spiro atoms. The summed E-state index contributed by atoms with van der Waals surface area (Å²) in [5.74, 6) is -1.00. The minimum atomic E-state index is -4.80. The fourth-order valence-corrected chi connectivity index (χ4v) is 2.44. The number of carbonyl (C=O) groups excluding carboxylic acids is 1. The van der Waals surface area contributed by atoms with Gasteiger partial charge < -0.3 is 9.47 Å². The molecule has 1 atom stereocenters. The van der Waals surface area contributed by atoms with Gasteiger partial charge in [-0.1, -0.05) is 5.21 Å². The Hall–Kier alpha value is -3.44. The molecule has 2 aromatic heterocycles. The second-order valence-corrected chi connectivity index (χ2v) is 5.60. The quantitative estimate of drug-likeness (QED) is 0.607. The van der Waals surface area contributed by atoms with Crippen LogP contribution in [0, 0.1) is 0 Å². The highest BCUT2D eigenvalue weighted by Crippen LogP contribution is 2.24. The van der Waals surface area contributed by atoms with Crippen molar-refractivity contribution in [2.45, 2.75) is 26.3 Å². The van der Waals surface area contributed by atoms with E-state index in [0.717, 1.165) is 23.0 Å². The molecular weight excluding hydrogens is 383 g/mol. The number of nitrogens with zero attached hydrogens (tertiary/aromatic N) is 5. The van der Waals surface area contributed by atoms with Crippen LogP contribution in [0.4, 0.5) is 13.2 Å². The Morgan fingerprint density at radius 3 is 2.54 bits per heavy atom. The van der Waals surface area contributed by atoms with Crippen molar-refractivity contribution in [2.24, 2.45) is 0 Å². The van der Waals surface area contributed by atoms with Crippen LogP contribution < -0.4 is 10.3 Å². The van der Waals surface area contributed by atoms with Gasteiger partial charge in [0.2, 0.25) is 0 Å². The monoisotopic (exact) mass is 397 g/mol. The molecule has 0 unspecified atom stereocenters. The summed E-state index contributed by atoms with van der Waals surface area (Å²) in [6.45, 7) is 3.29. The van der Waals surface area contributed by atoms with Crippen molar-refractivity contribution in [3.8, 4) is 11.4 Å². The predicted molar refractivity (Wildman–Crippen MR) is 88.9 cm³/mol. The standard InChI is InChI=1S/C16H14F3N5O4/c1-3-27-15(26)9(2)23-8-20-13-12(14(23)25)21-22-24(13)10-4-6-11(7-5-10)28-16(17,18)19/h4-9H,3H2,1-2H3/t9-/m1/s1. The number of hydrogen-bond donors (Lipinski definition) is 0. The molecule has 0 aliphatic rings. The van der Waals surface area contributed by atoms with Gasteiger partial charge in [-0.25, -0.2) is 9.78 Å². The van der Waals surface area contributed by atoms with Gasteiger partial charge in [0.1, 0.15) is 18.1 Å². The molecule has 0 aliphatic carbocycles. The average molecular weight is 397 g/mol. The maximum Gasteiger partial charge on any atom is 0.573 e. The van der Waals surface area contributed by atoms with Crippen LogP contribution in [0.25, 0.3) is 16.9 Å². The third kappa shape index (κ3) is 3.80. The summed E-state index contributed by atoms with van der Waals surface area (Å²) in [7, 11) is 0. The van der Waals surface area contributed by atoms with Crippen LogP contribution >= 0.6 is 0 Å². The van der Waals surface area contributed by atoms with Gasteiger partial charge in [-0.15, -0.1) is 18.3 Å². The van der Waals surface area contributed by atoms with Gasteiger partial charge in [-0.2, -0.15) is 4.68 Å². The first-order valence-corrected chi connectivity index (χ1v) is 8.06. The zero-order valence-electron chi connectivity index (χ0n) is 14.7. The fraction of sp³-hybridized carbons (Fsp3) is 0.312. The van der Waals surface area contributed by atoms with E-state index in [1.54, 1.807) is 6.92 Å². The van der Waals surface area contributed by atoms with E-state index in [9.17, 15) is 22.8 Å². The second-order valence-electron chi connectivity index (χ2n) is 5.60. The highest BCUT2D eigenvalue weighted by Gasteiger charge is 2.31. The van der Waals surface area contributed by atoms with Gasteiger partial charge in [0.25, 0.3) is 5.56 Å². The Morgan fingerprint density at radius 1 is 1.25 bits per heavy atom. The van der Waals surface area contributed by atoms with E-state index in [-0.39, 0.29) is 17.8 Å². The molecule has 0 radical (unpaired) electrons. The van der Waals surface area contributed by atoms with Crippen molar-refractivity contribution >= 4 is 17.1 Å². The summed E-state index contributed by atoms with van der Waals surface area (Å²) in [6, 6.07) is 3.90. The van der Waals surface area contributed by atoms with Crippen molar-refractivity contribution in [3.05, 3.63) is 40.9 Å². The van der Waals surface area contributed by atoms with E-state index in [1.165, 1.54) is 23.7 Å². The molecular formula is C16H14F3N5O4.